The second-order valence-electron chi connectivity index (χ2n) is 6.37. The first-order valence-electron chi connectivity index (χ1n) is 9.22. The molecule has 150 valence electrons. The summed E-state index contributed by atoms with van der Waals surface area (Å²) in [7, 11) is 1.93. The van der Waals surface area contributed by atoms with Gasteiger partial charge in [-0.1, -0.05) is 24.3 Å². The minimum absolute atomic E-state index is 0.132. The van der Waals surface area contributed by atoms with Crippen LogP contribution in [0.15, 0.2) is 53.5 Å². The Balaban J connectivity index is 1.91. The van der Waals surface area contributed by atoms with Crippen LogP contribution in [0.2, 0.25) is 0 Å². The quantitative estimate of drug-likeness (QED) is 0.512. The van der Waals surface area contributed by atoms with Crippen LogP contribution in [0.5, 0.6) is 5.75 Å². The van der Waals surface area contributed by atoms with E-state index >= 15 is 0 Å². The standard InChI is InChI=1S/C21H27FN4O2/c1-3-24-21(26(2)14-17-5-4-6-18(22)13-17)25-12-11-16-7-9-19(10-8-16)28-15-20(23)27/h4-10,13H,3,11-12,14-15H2,1-2H3,(H2,23,27)(H,24,25). The number of amides is 1. The molecule has 2 rings (SSSR count). The van der Waals surface area contributed by atoms with Crippen LogP contribution in [0.3, 0.4) is 0 Å². The van der Waals surface area contributed by atoms with E-state index in [0.717, 1.165) is 30.1 Å². The first-order chi connectivity index (χ1) is 13.5. The van der Waals surface area contributed by atoms with Gasteiger partial charge in [-0.3, -0.25) is 9.79 Å². The van der Waals surface area contributed by atoms with E-state index in [1.54, 1.807) is 6.07 Å². The number of halogens is 1. The highest BCUT2D eigenvalue weighted by Gasteiger charge is 2.07. The number of nitrogens with two attached hydrogens (primary N) is 1. The molecule has 1 amide bonds. The molecule has 0 spiro atoms. The molecule has 0 unspecified atom stereocenters. The van der Waals surface area contributed by atoms with Crippen molar-refractivity contribution in [2.45, 2.75) is 19.9 Å². The zero-order chi connectivity index (χ0) is 20.4. The van der Waals surface area contributed by atoms with Crippen LogP contribution in [0.4, 0.5) is 4.39 Å². The van der Waals surface area contributed by atoms with Gasteiger partial charge in [0.15, 0.2) is 12.6 Å². The summed E-state index contributed by atoms with van der Waals surface area (Å²) in [6.45, 7) is 3.80. The Hall–Kier alpha value is -3.09. The first kappa shape index (κ1) is 21.2. The number of nitrogens with one attached hydrogen (secondary N) is 1. The van der Waals surface area contributed by atoms with Crippen molar-refractivity contribution < 1.29 is 13.9 Å². The Morgan fingerprint density at radius 2 is 1.96 bits per heavy atom. The molecule has 0 aliphatic carbocycles. The summed E-state index contributed by atoms with van der Waals surface area (Å²) < 4.78 is 18.6. The topological polar surface area (TPSA) is 80.0 Å². The van der Waals surface area contributed by atoms with Gasteiger partial charge >= 0.3 is 0 Å². The number of nitrogens with zero attached hydrogens (tertiary/aromatic N) is 2. The Labute approximate surface area is 165 Å². The predicted octanol–water partition coefficient (Wildman–Crippen LogP) is 2.33. The van der Waals surface area contributed by atoms with Gasteiger partial charge in [0, 0.05) is 26.7 Å². The number of aliphatic imine (C=N–C) groups is 1. The van der Waals surface area contributed by atoms with E-state index in [9.17, 15) is 9.18 Å². The third-order valence-electron chi connectivity index (χ3n) is 3.97. The average Bonchev–Trinajstić information content (AvgIpc) is 2.66. The van der Waals surface area contributed by atoms with E-state index in [0.29, 0.717) is 18.8 Å². The number of carbonyl (C=O) groups excluding carboxylic acids is 1. The molecule has 3 N–H and O–H groups in total. The van der Waals surface area contributed by atoms with E-state index in [-0.39, 0.29) is 12.4 Å². The van der Waals surface area contributed by atoms with Crippen LogP contribution >= 0.6 is 0 Å². The highest BCUT2D eigenvalue weighted by Crippen LogP contribution is 2.12. The molecule has 0 heterocycles. The number of primary amides is 1. The molecule has 2 aromatic rings. The van der Waals surface area contributed by atoms with Crippen molar-refractivity contribution in [1.82, 2.24) is 10.2 Å². The SMILES string of the molecule is CCNC(=NCCc1ccc(OCC(N)=O)cc1)N(C)Cc1cccc(F)c1. The number of rotatable bonds is 9. The van der Waals surface area contributed by atoms with E-state index in [1.807, 2.05) is 49.2 Å². The van der Waals surface area contributed by atoms with Crippen molar-refractivity contribution >= 4 is 11.9 Å². The molecule has 0 bridgehead atoms. The van der Waals surface area contributed by atoms with Crippen molar-refractivity contribution in [2.75, 3.05) is 26.7 Å². The average molecular weight is 386 g/mol. The van der Waals surface area contributed by atoms with Crippen molar-refractivity contribution in [3.63, 3.8) is 0 Å². The van der Waals surface area contributed by atoms with Crippen molar-refractivity contribution in [3.05, 3.63) is 65.5 Å². The maximum Gasteiger partial charge on any atom is 0.255 e. The molecule has 0 atom stereocenters. The normalized spacial score (nSPS) is 11.2. The molecule has 0 aromatic heterocycles. The van der Waals surface area contributed by atoms with Gasteiger partial charge in [0.2, 0.25) is 0 Å². The van der Waals surface area contributed by atoms with Crippen LogP contribution < -0.4 is 15.8 Å². The van der Waals surface area contributed by atoms with Gasteiger partial charge in [0.1, 0.15) is 11.6 Å². The number of carbonyl (C=O) groups is 1. The zero-order valence-corrected chi connectivity index (χ0v) is 16.3. The van der Waals surface area contributed by atoms with Crippen LogP contribution in [0, 0.1) is 5.82 Å². The van der Waals surface area contributed by atoms with Crippen molar-refractivity contribution in [1.29, 1.82) is 0 Å². The summed E-state index contributed by atoms with van der Waals surface area (Å²) in [5.74, 6) is 0.634. The molecule has 6 nitrogen and oxygen atoms in total. The summed E-state index contributed by atoms with van der Waals surface area (Å²) in [5, 5.41) is 3.26. The molecule has 0 saturated heterocycles. The molecular formula is C21H27FN4O2. The maximum absolute atomic E-state index is 13.4. The summed E-state index contributed by atoms with van der Waals surface area (Å²) in [6.07, 6.45) is 0.763. The fourth-order valence-electron chi connectivity index (χ4n) is 2.65. The van der Waals surface area contributed by atoms with Crippen LogP contribution in [0.1, 0.15) is 18.1 Å². The minimum atomic E-state index is -0.503. The second kappa shape index (κ2) is 10.9. The number of guanidine groups is 1. The first-order valence-corrected chi connectivity index (χ1v) is 9.22. The minimum Gasteiger partial charge on any atom is -0.484 e. The third kappa shape index (κ3) is 7.26. The predicted molar refractivity (Wildman–Crippen MR) is 109 cm³/mol. The Kier molecular flexibility index (Phi) is 8.27. The van der Waals surface area contributed by atoms with Gasteiger partial charge in [-0.25, -0.2) is 4.39 Å². The molecule has 0 aliphatic rings. The summed E-state index contributed by atoms with van der Waals surface area (Å²) in [6, 6.07) is 14.1. The number of hydrogen-bond acceptors (Lipinski definition) is 3. The second-order valence-corrected chi connectivity index (χ2v) is 6.37. The number of hydrogen-bond donors (Lipinski definition) is 2. The number of ether oxygens (including phenoxy) is 1. The van der Waals surface area contributed by atoms with Gasteiger partial charge in [0.05, 0.1) is 0 Å². The molecule has 0 aliphatic heterocycles. The van der Waals surface area contributed by atoms with Crippen LogP contribution in [-0.2, 0) is 17.8 Å². The van der Waals surface area contributed by atoms with E-state index in [2.05, 4.69) is 10.3 Å². The van der Waals surface area contributed by atoms with E-state index in [1.165, 1.54) is 12.1 Å². The van der Waals surface area contributed by atoms with Gasteiger partial charge in [-0.15, -0.1) is 0 Å². The highest BCUT2D eigenvalue weighted by atomic mass is 19.1. The fourth-order valence-corrected chi connectivity index (χ4v) is 2.65. The molecule has 0 fully saturated rings. The maximum atomic E-state index is 13.4. The lowest BCUT2D eigenvalue weighted by molar-refractivity contribution is -0.119. The Bertz CT molecular complexity index is 793. The van der Waals surface area contributed by atoms with Gasteiger partial charge in [0.25, 0.3) is 5.91 Å². The van der Waals surface area contributed by atoms with E-state index in [4.69, 9.17) is 10.5 Å². The largest absolute Gasteiger partial charge is 0.484 e. The Morgan fingerprint density at radius 1 is 1.21 bits per heavy atom. The highest BCUT2D eigenvalue weighted by molar-refractivity contribution is 5.79. The molecule has 2 aromatic carbocycles. The molecule has 0 saturated carbocycles. The lowest BCUT2D eigenvalue weighted by Crippen LogP contribution is -2.38. The molecule has 0 radical (unpaired) electrons. The monoisotopic (exact) mass is 386 g/mol. The van der Waals surface area contributed by atoms with Crippen LogP contribution in [0.25, 0.3) is 0 Å². The van der Waals surface area contributed by atoms with Gasteiger partial charge in [-0.2, -0.15) is 0 Å². The molecule has 7 heteroatoms. The lowest BCUT2D eigenvalue weighted by Gasteiger charge is -2.22. The van der Waals surface area contributed by atoms with Gasteiger partial charge < -0.3 is 20.7 Å². The lowest BCUT2D eigenvalue weighted by atomic mass is 10.1. The van der Waals surface area contributed by atoms with Crippen molar-refractivity contribution in [3.8, 4) is 5.75 Å². The molecule has 28 heavy (non-hydrogen) atoms. The molecular weight excluding hydrogens is 359 g/mol. The smallest absolute Gasteiger partial charge is 0.255 e. The number of benzene rings is 2. The summed E-state index contributed by atoms with van der Waals surface area (Å²) >= 11 is 0. The van der Waals surface area contributed by atoms with Crippen LogP contribution in [-0.4, -0.2) is 43.5 Å². The van der Waals surface area contributed by atoms with E-state index < -0.39 is 5.91 Å². The summed E-state index contributed by atoms with van der Waals surface area (Å²) in [4.78, 5) is 17.4. The fraction of sp³-hybridized carbons (Fsp3) is 0.333. The zero-order valence-electron chi connectivity index (χ0n) is 16.3. The third-order valence-corrected chi connectivity index (χ3v) is 3.97. The van der Waals surface area contributed by atoms with Gasteiger partial charge in [-0.05, 0) is 48.7 Å². The summed E-state index contributed by atoms with van der Waals surface area (Å²) in [5.41, 5.74) is 7.06. The Morgan fingerprint density at radius 3 is 2.61 bits per heavy atom. The van der Waals surface area contributed by atoms with Crippen molar-refractivity contribution in [2.24, 2.45) is 10.7 Å².